The number of ether oxygens (including phenoxy) is 1. The van der Waals surface area contributed by atoms with Gasteiger partial charge in [-0.05, 0) is 43.7 Å². The summed E-state index contributed by atoms with van der Waals surface area (Å²) in [5.41, 5.74) is 0.504. The van der Waals surface area contributed by atoms with Gasteiger partial charge in [0.25, 0.3) is 11.6 Å². The lowest BCUT2D eigenvalue weighted by atomic mass is 9.94. The predicted octanol–water partition coefficient (Wildman–Crippen LogP) is 3.78. The van der Waals surface area contributed by atoms with Gasteiger partial charge in [0.05, 0.1) is 10.5 Å². The number of hydrogen-bond donors (Lipinski definition) is 0. The van der Waals surface area contributed by atoms with Gasteiger partial charge in [-0.3, -0.25) is 14.9 Å². The third kappa shape index (κ3) is 5.29. The monoisotopic (exact) mass is 417 g/mol. The number of benzene rings is 1. The minimum atomic E-state index is -0.720. The summed E-state index contributed by atoms with van der Waals surface area (Å²) < 4.78 is 5.17. The first kappa shape index (κ1) is 22.1. The molecule has 1 aromatic rings. The van der Waals surface area contributed by atoms with Gasteiger partial charge >= 0.3 is 5.97 Å². The van der Waals surface area contributed by atoms with Gasteiger partial charge in [0.15, 0.2) is 6.61 Å². The maximum Gasteiger partial charge on any atom is 0.338 e. The third-order valence-corrected chi connectivity index (χ3v) is 6.25. The lowest BCUT2D eigenvalue weighted by molar-refractivity contribution is -0.384. The number of nitro benzene ring substituents is 1. The SMILES string of the molecule is C[C@H]1CCCN(c2ccc(C(=O)OCC(=O)N(C)C3CCCCC3)cc2[N+](=O)[O-])C1. The van der Waals surface area contributed by atoms with E-state index in [1.54, 1.807) is 24.1 Å². The molecule has 1 atom stereocenters. The summed E-state index contributed by atoms with van der Waals surface area (Å²) >= 11 is 0. The average molecular weight is 418 g/mol. The maximum absolute atomic E-state index is 12.4. The molecule has 1 heterocycles. The van der Waals surface area contributed by atoms with E-state index in [0.29, 0.717) is 11.6 Å². The molecule has 30 heavy (non-hydrogen) atoms. The van der Waals surface area contributed by atoms with Gasteiger partial charge < -0.3 is 14.5 Å². The first-order valence-corrected chi connectivity index (χ1v) is 10.8. The van der Waals surface area contributed by atoms with Gasteiger partial charge in [-0.1, -0.05) is 26.2 Å². The zero-order valence-corrected chi connectivity index (χ0v) is 17.8. The standard InChI is InChI=1S/C22H31N3O5/c1-16-7-6-12-24(14-16)19-11-10-17(13-20(19)25(28)29)22(27)30-15-21(26)23(2)18-8-4-3-5-9-18/h10-11,13,16,18H,3-9,12,14-15H2,1-2H3/t16-/m0/s1. The number of carbonyl (C=O) groups is 2. The van der Waals surface area contributed by atoms with Crippen molar-refractivity contribution in [2.45, 2.75) is 57.9 Å². The molecule has 1 saturated heterocycles. The van der Waals surface area contributed by atoms with Gasteiger partial charge in [-0.15, -0.1) is 0 Å². The quantitative estimate of drug-likeness (QED) is 0.397. The largest absolute Gasteiger partial charge is 0.452 e. The summed E-state index contributed by atoms with van der Waals surface area (Å²) in [5.74, 6) is -0.499. The highest BCUT2D eigenvalue weighted by Crippen LogP contribution is 2.32. The first-order valence-electron chi connectivity index (χ1n) is 10.8. The van der Waals surface area contributed by atoms with Gasteiger partial charge in [0.1, 0.15) is 5.69 Å². The van der Waals surface area contributed by atoms with Crippen molar-refractivity contribution >= 4 is 23.3 Å². The Bertz CT molecular complexity index is 791. The molecule has 2 fully saturated rings. The van der Waals surface area contributed by atoms with Crippen molar-refractivity contribution in [3.63, 3.8) is 0 Å². The number of carbonyl (C=O) groups excluding carboxylic acids is 2. The Hall–Kier alpha value is -2.64. The molecule has 0 unspecified atom stereocenters. The van der Waals surface area contributed by atoms with Crippen LogP contribution in [0.25, 0.3) is 0 Å². The van der Waals surface area contributed by atoms with Crippen molar-refractivity contribution in [1.29, 1.82) is 0 Å². The molecule has 1 saturated carbocycles. The van der Waals surface area contributed by atoms with E-state index >= 15 is 0 Å². The summed E-state index contributed by atoms with van der Waals surface area (Å²) in [7, 11) is 1.74. The number of likely N-dealkylation sites (N-methyl/N-ethyl adjacent to an activating group) is 1. The second-order valence-electron chi connectivity index (χ2n) is 8.53. The number of nitrogens with zero attached hydrogens (tertiary/aromatic N) is 3. The molecule has 1 aliphatic heterocycles. The second-order valence-corrected chi connectivity index (χ2v) is 8.53. The van der Waals surface area contributed by atoms with Crippen LogP contribution in [0.1, 0.15) is 62.2 Å². The number of amides is 1. The lowest BCUT2D eigenvalue weighted by Gasteiger charge is -2.32. The zero-order chi connectivity index (χ0) is 21.7. The molecule has 1 amide bonds. The van der Waals surface area contributed by atoms with Gasteiger partial charge in [-0.2, -0.15) is 0 Å². The number of hydrogen-bond acceptors (Lipinski definition) is 6. The van der Waals surface area contributed by atoms with Crippen LogP contribution in [0.3, 0.4) is 0 Å². The fourth-order valence-electron chi connectivity index (χ4n) is 4.46. The molecule has 0 bridgehead atoms. The maximum atomic E-state index is 12.4. The number of rotatable bonds is 6. The van der Waals surface area contributed by atoms with E-state index in [0.717, 1.165) is 51.6 Å². The van der Waals surface area contributed by atoms with Crippen molar-refractivity contribution in [1.82, 2.24) is 4.90 Å². The fourth-order valence-corrected chi connectivity index (χ4v) is 4.46. The molecule has 0 spiro atoms. The molecule has 0 aromatic heterocycles. The van der Waals surface area contributed by atoms with Gasteiger partial charge in [0, 0.05) is 32.2 Å². The number of esters is 1. The third-order valence-electron chi connectivity index (χ3n) is 6.25. The first-order chi connectivity index (χ1) is 14.4. The molecular weight excluding hydrogens is 386 g/mol. The Morgan fingerprint density at radius 1 is 1.20 bits per heavy atom. The molecule has 0 radical (unpaired) electrons. The van der Waals surface area contributed by atoms with Crippen molar-refractivity contribution in [2.24, 2.45) is 5.92 Å². The Labute approximate surface area is 177 Å². The van der Waals surface area contributed by atoms with E-state index in [4.69, 9.17) is 4.74 Å². The molecular formula is C22H31N3O5. The van der Waals surface area contributed by atoms with E-state index in [9.17, 15) is 19.7 Å². The van der Waals surface area contributed by atoms with Crippen molar-refractivity contribution in [3.8, 4) is 0 Å². The molecule has 1 aliphatic carbocycles. The zero-order valence-electron chi connectivity index (χ0n) is 17.8. The highest BCUT2D eigenvalue weighted by Gasteiger charge is 2.26. The van der Waals surface area contributed by atoms with Gasteiger partial charge in [-0.25, -0.2) is 4.79 Å². The van der Waals surface area contributed by atoms with Crippen molar-refractivity contribution in [3.05, 3.63) is 33.9 Å². The van der Waals surface area contributed by atoms with E-state index in [1.807, 2.05) is 4.90 Å². The summed E-state index contributed by atoms with van der Waals surface area (Å²) in [6.07, 6.45) is 7.44. The second kappa shape index (κ2) is 9.91. The molecule has 1 aromatic carbocycles. The molecule has 0 N–H and O–H groups in total. The number of piperidine rings is 1. The summed E-state index contributed by atoms with van der Waals surface area (Å²) in [6.45, 7) is 3.29. The van der Waals surface area contributed by atoms with Crippen LogP contribution < -0.4 is 4.90 Å². The molecule has 8 nitrogen and oxygen atoms in total. The van der Waals surface area contributed by atoms with E-state index in [1.165, 1.54) is 12.5 Å². The Morgan fingerprint density at radius 2 is 1.93 bits per heavy atom. The lowest BCUT2D eigenvalue weighted by Crippen LogP contribution is -2.40. The highest BCUT2D eigenvalue weighted by molar-refractivity contribution is 5.93. The average Bonchev–Trinajstić information content (AvgIpc) is 2.76. The minimum Gasteiger partial charge on any atom is -0.452 e. The summed E-state index contributed by atoms with van der Waals surface area (Å²) in [6, 6.07) is 4.60. The van der Waals surface area contributed by atoms with Crippen LogP contribution in [-0.2, 0) is 9.53 Å². The molecule has 164 valence electrons. The Morgan fingerprint density at radius 3 is 2.60 bits per heavy atom. The van der Waals surface area contributed by atoms with Crippen molar-refractivity contribution in [2.75, 3.05) is 31.6 Å². The van der Waals surface area contributed by atoms with Crippen LogP contribution in [0, 0.1) is 16.0 Å². The van der Waals surface area contributed by atoms with E-state index in [2.05, 4.69) is 6.92 Å². The molecule has 8 heteroatoms. The predicted molar refractivity (Wildman–Crippen MR) is 114 cm³/mol. The normalized spacial score (nSPS) is 19.9. The van der Waals surface area contributed by atoms with Crippen LogP contribution >= 0.6 is 0 Å². The number of anilines is 1. The molecule has 3 rings (SSSR count). The Kier molecular flexibility index (Phi) is 7.29. The van der Waals surface area contributed by atoms with Crippen LogP contribution in [0.15, 0.2) is 18.2 Å². The van der Waals surface area contributed by atoms with Crippen LogP contribution in [0.4, 0.5) is 11.4 Å². The number of nitro groups is 1. The summed E-state index contributed by atoms with van der Waals surface area (Å²) in [5, 5.41) is 11.6. The highest BCUT2D eigenvalue weighted by atomic mass is 16.6. The molecule has 2 aliphatic rings. The summed E-state index contributed by atoms with van der Waals surface area (Å²) in [4.78, 5) is 39.6. The van der Waals surface area contributed by atoms with Crippen LogP contribution in [-0.4, -0.2) is 54.5 Å². The smallest absolute Gasteiger partial charge is 0.338 e. The Balaban J connectivity index is 1.64. The van der Waals surface area contributed by atoms with Crippen LogP contribution in [0.2, 0.25) is 0 Å². The fraction of sp³-hybridized carbons (Fsp3) is 0.636. The van der Waals surface area contributed by atoms with Gasteiger partial charge in [0.2, 0.25) is 0 Å². The van der Waals surface area contributed by atoms with Crippen molar-refractivity contribution < 1.29 is 19.2 Å². The minimum absolute atomic E-state index is 0.0867. The topological polar surface area (TPSA) is 93.0 Å². The van der Waals surface area contributed by atoms with Crippen LogP contribution in [0.5, 0.6) is 0 Å². The van der Waals surface area contributed by atoms with E-state index < -0.39 is 10.9 Å². The van der Waals surface area contributed by atoms with E-state index in [-0.39, 0.29) is 29.8 Å².